The molecular weight excluding hydrogens is 605 g/mol. The van der Waals surface area contributed by atoms with Gasteiger partial charge in [0.2, 0.25) is 0 Å². The second-order valence-electron chi connectivity index (χ2n) is 13.6. The lowest BCUT2D eigenvalue weighted by Crippen LogP contribution is -2.61. The molecule has 0 spiro atoms. The lowest BCUT2D eigenvalue weighted by Gasteiger charge is -2.46. The molecule has 0 fully saturated rings. The van der Waals surface area contributed by atoms with Gasteiger partial charge >= 0.3 is 0 Å². The summed E-state index contributed by atoms with van der Waals surface area (Å²) in [5, 5.41) is 0. The van der Waals surface area contributed by atoms with Crippen molar-refractivity contribution in [3.63, 3.8) is 0 Å². The minimum atomic E-state index is 0.0736. The van der Waals surface area contributed by atoms with Crippen LogP contribution in [0.3, 0.4) is 0 Å². The first-order valence-corrected chi connectivity index (χ1v) is 17.5. The second-order valence-corrected chi connectivity index (χ2v) is 13.6. The predicted molar refractivity (Wildman–Crippen MR) is 214 cm³/mol. The van der Waals surface area contributed by atoms with Gasteiger partial charge in [-0.15, -0.1) is 0 Å². The van der Waals surface area contributed by atoms with Crippen LogP contribution in [-0.4, -0.2) is 6.71 Å². The number of rotatable bonds is 5. The van der Waals surface area contributed by atoms with Crippen LogP contribution in [0.25, 0.3) is 0 Å². The van der Waals surface area contributed by atoms with E-state index in [4.69, 9.17) is 0 Å². The van der Waals surface area contributed by atoms with E-state index < -0.39 is 0 Å². The molecule has 7 aromatic rings. The first kappa shape index (κ1) is 30.1. The van der Waals surface area contributed by atoms with E-state index in [2.05, 4.69) is 200 Å². The largest absolute Gasteiger partial charge is 0.311 e. The maximum absolute atomic E-state index is 2.55. The van der Waals surface area contributed by atoms with Gasteiger partial charge in [0.25, 0.3) is 6.71 Å². The molecule has 0 N–H and O–H groups in total. The summed E-state index contributed by atoms with van der Waals surface area (Å²) in [6.07, 6.45) is 0. The van der Waals surface area contributed by atoms with Crippen molar-refractivity contribution >= 4 is 74.3 Å². The van der Waals surface area contributed by atoms with Crippen molar-refractivity contribution in [1.29, 1.82) is 0 Å². The maximum Gasteiger partial charge on any atom is 0.252 e. The molecule has 0 saturated carbocycles. The minimum absolute atomic E-state index is 0.0736. The summed E-state index contributed by atoms with van der Waals surface area (Å²) < 4.78 is 0. The highest BCUT2D eigenvalue weighted by Crippen LogP contribution is 2.49. The second kappa shape index (κ2) is 11.9. The van der Waals surface area contributed by atoms with Gasteiger partial charge in [0.1, 0.15) is 0 Å². The van der Waals surface area contributed by atoms with Gasteiger partial charge in [0, 0.05) is 34.1 Å². The maximum atomic E-state index is 2.55. The third kappa shape index (κ3) is 4.59. The van der Waals surface area contributed by atoms with Gasteiger partial charge in [0.15, 0.2) is 0 Å². The van der Waals surface area contributed by atoms with E-state index in [-0.39, 0.29) is 6.71 Å². The van der Waals surface area contributed by atoms with E-state index >= 15 is 0 Å². The molecule has 9 rings (SSSR count). The fourth-order valence-corrected chi connectivity index (χ4v) is 8.41. The molecule has 7 aromatic carbocycles. The van der Waals surface area contributed by atoms with E-state index in [0.717, 1.165) is 17.1 Å². The number of aryl methyl sites for hydroxylation is 4. The van der Waals surface area contributed by atoms with Gasteiger partial charge in [0.05, 0.1) is 17.1 Å². The summed E-state index contributed by atoms with van der Waals surface area (Å²) >= 11 is 0. The fraction of sp³-hybridized carbons (Fsp3) is 0.0870. The summed E-state index contributed by atoms with van der Waals surface area (Å²) in [6.45, 7) is 9.04. The average molecular weight is 644 g/mol. The standard InChI is InChI=1S/C46H38BN3/c1-31-17-15-18-32(2)45(31)49-40-27-13-11-25-38(40)47-39-26-12-14-28-41(39)50(46-33(3)19-16-20-34(46)4)43-30-37(29-42(49)44(43)47)48(35-21-7-5-8-22-35)36-23-9-6-10-24-36/h5-30H,1-4H3. The number of para-hydroxylation sites is 6. The summed E-state index contributed by atoms with van der Waals surface area (Å²) in [6, 6.07) is 57.8. The Hall–Kier alpha value is -6.00. The van der Waals surface area contributed by atoms with Gasteiger partial charge in [-0.25, -0.2) is 0 Å². The average Bonchev–Trinajstić information content (AvgIpc) is 3.14. The monoisotopic (exact) mass is 643 g/mol. The molecule has 2 aliphatic rings. The van der Waals surface area contributed by atoms with Crippen LogP contribution in [0.15, 0.2) is 158 Å². The van der Waals surface area contributed by atoms with Gasteiger partial charge in [-0.3, -0.25) is 0 Å². The third-order valence-corrected chi connectivity index (χ3v) is 10.5. The summed E-state index contributed by atoms with van der Waals surface area (Å²) in [4.78, 5) is 7.49. The molecule has 3 nitrogen and oxygen atoms in total. The molecule has 2 heterocycles. The number of fused-ring (bicyclic) bond motifs is 4. The molecule has 4 heteroatoms. The molecule has 0 radical (unpaired) electrons. The van der Waals surface area contributed by atoms with Crippen molar-refractivity contribution in [3.05, 3.63) is 180 Å². The molecule has 0 amide bonds. The van der Waals surface area contributed by atoms with Crippen molar-refractivity contribution in [2.24, 2.45) is 0 Å². The van der Waals surface area contributed by atoms with E-state index in [9.17, 15) is 0 Å². The Kier molecular flexibility index (Phi) is 7.13. The fourth-order valence-electron chi connectivity index (χ4n) is 8.41. The lowest BCUT2D eigenvalue weighted by atomic mass is 9.33. The molecular formula is C46H38BN3. The zero-order valence-electron chi connectivity index (χ0n) is 28.9. The minimum Gasteiger partial charge on any atom is -0.311 e. The smallest absolute Gasteiger partial charge is 0.252 e. The first-order valence-electron chi connectivity index (χ1n) is 17.5. The van der Waals surface area contributed by atoms with Gasteiger partial charge < -0.3 is 14.7 Å². The Balaban J connectivity index is 1.45. The highest BCUT2D eigenvalue weighted by Gasteiger charge is 2.44. The molecule has 0 aromatic heterocycles. The van der Waals surface area contributed by atoms with Crippen LogP contribution in [0.5, 0.6) is 0 Å². The SMILES string of the molecule is Cc1cccc(C)c1N1c2ccccc2B2c3ccccc3N(c3c(C)cccc3C)c3cc(N(c4ccccc4)c4ccccc4)cc1c32. The third-order valence-electron chi connectivity index (χ3n) is 10.5. The van der Waals surface area contributed by atoms with E-state index in [1.54, 1.807) is 0 Å². The van der Waals surface area contributed by atoms with E-state index in [0.29, 0.717) is 0 Å². The number of benzene rings is 7. The van der Waals surface area contributed by atoms with Crippen LogP contribution in [0, 0.1) is 27.7 Å². The number of hydrogen-bond donors (Lipinski definition) is 0. The van der Waals surface area contributed by atoms with Crippen molar-refractivity contribution < 1.29 is 0 Å². The van der Waals surface area contributed by atoms with Crippen LogP contribution < -0.4 is 31.1 Å². The molecule has 0 unspecified atom stereocenters. The summed E-state index contributed by atoms with van der Waals surface area (Å²) in [5.74, 6) is 0. The molecule has 50 heavy (non-hydrogen) atoms. The molecule has 0 bridgehead atoms. The lowest BCUT2D eigenvalue weighted by molar-refractivity contribution is 1.19. The quantitative estimate of drug-likeness (QED) is 0.173. The predicted octanol–water partition coefficient (Wildman–Crippen LogP) is 10.5. The van der Waals surface area contributed by atoms with Crippen molar-refractivity contribution in [3.8, 4) is 0 Å². The van der Waals surface area contributed by atoms with E-state index in [1.807, 2.05) is 0 Å². The normalized spacial score (nSPS) is 12.7. The number of hydrogen-bond acceptors (Lipinski definition) is 3. The van der Waals surface area contributed by atoms with Crippen LogP contribution in [-0.2, 0) is 0 Å². The van der Waals surface area contributed by atoms with Crippen molar-refractivity contribution in [1.82, 2.24) is 0 Å². The number of nitrogens with zero attached hydrogens (tertiary/aromatic N) is 3. The zero-order chi connectivity index (χ0) is 33.9. The van der Waals surface area contributed by atoms with Gasteiger partial charge in [-0.05, 0) is 115 Å². The molecule has 2 aliphatic heterocycles. The highest BCUT2D eigenvalue weighted by molar-refractivity contribution is 7.00. The van der Waals surface area contributed by atoms with Gasteiger partial charge in [-0.2, -0.15) is 0 Å². The Labute approximate surface area is 295 Å². The van der Waals surface area contributed by atoms with Crippen molar-refractivity contribution in [2.45, 2.75) is 27.7 Å². The van der Waals surface area contributed by atoms with Crippen LogP contribution in [0.1, 0.15) is 22.3 Å². The Bertz CT molecular complexity index is 2200. The summed E-state index contributed by atoms with van der Waals surface area (Å²) in [5.41, 5.74) is 19.7. The number of anilines is 9. The Morgan fingerprint density at radius 2 is 0.760 bits per heavy atom. The van der Waals surface area contributed by atoms with Crippen LogP contribution >= 0.6 is 0 Å². The molecule has 0 aliphatic carbocycles. The topological polar surface area (TPSA) is 9.72 Å². The van der Waals surface area contributed by atoms with Crippen molar-refractivity contribution in [2.75, 3.05) is 14.7 Å². The van der Waals surface area contributed by atoms with Crippen LogP contribution in [0.4, 0.5) is 51.2 Å². The zero-order valence-corrected chi connectivity index (χ0v) is 28.9. The van der Waals surface area contributed by atoms with E-state index in [1.165, 1.54) is 72.8 Å². The summed E-state index contributed by atoms with van der Waals surface area (Å²) in [7, 11) is 0. The highest BCUT2D eigenvalue weighted by atomic mass is 15.2. The van der Waals surface area contributed by atoms with Crippen LogP contribution in [0.2, 0.25) is 0 Å². The molecule has 240 valence electrons. The Morgan fingerprint density at radius 1 is 0.380 bits per heavy atom. The molecule has 0 saturated heterocycles. The van der Waals surface area contributed by atoms with Gasteiger partial charge in [-0.1, -0.05) is 109 Å². The first-order chi connectivity index (χ1) is 24.5. The molecule has 0 atom stereocenters. The Morgan fingerprint density at radius 3 is 1.18 bits per heavy atom.